The summed E-state index contributed by atoms with van der Waals surface area (Å²) in [6, 6.07) is 1.77. The number of nitrogens with one attached hydrogen (secondary N) is 1. The maximum Gasteiger partial charge on any atom is 0.348 e. The highest BCUT2D eigenvalue weighted by molar-refractivity contribution is 7.12. The molecule has 1 rings (SSSR count). The van der Waals surface area contributed by atoms with Gasteiger partial charge in [-0.1, -0.05) is 0 Å². The summed E-state index contributed by atoms with van der Waals surface area (Å²) in [4.78, 5) is 11.8. The molecular formula is C10H13N2O2S+. The average molecular weight is 225 g/mol. The third kappa shape index (κ3) is 2.74. The Morgan fingerprint density at radius 1 is 1.67 bits per heavy atom. The summed E-state index contributed by atoms with van der Waals surface area (Å²) in [6.07, 6.45) is 2.91. The van der Waals surface area contributed by atoms with Crippen LogP contribution in [0.25, 0.3) is 5.70 Å². The van der Waals surface area contributed by atoms with E-state index in [0.717, 1.165) is 11.3 Å². The van der Waals surface area contributed by atoms with Gasteiger partial charge >= 0.3 is 5.97 Å². The Kier molecular flexibility index (Phi) is 4.20. The van der Waals surface area contributed by atoms with Crippen molar-refractivity contribution in [1.29, 1.82) is 5.41 Å². The molecule has 0 radical (unpaired) electrons. The molecule has 0 bridgehead atoms. The van der Waals surface area contributed by atoms with Crippen LogP contribution in [0, 0.1) is 5.41 Å². The summed E-state index contributed by atoms with van der Waals surface area (Å²) < 4.78 is 4.62. The third-order valence-corrected chi connectivity index (χ3v) is 2.80. The van der Waals surface area contributed by atoms with Crippen molar-refractivity contribution in [2.75, 3.05) is 14.2 Å². The van der Waals surface area contributed by atoms with Crippen LogP contribution in [0.4, 0.5) is 0 Å². The normalized spacial score (nSPS) is 11.2. The molecule has 4 nitrogen and oxygen atoms in total. The zero-order valence-electron chi connectivity index (χ0n) is 8.61. The van der Waals surface area contributed by atoms with Gasteiger partial charge in [0.25, 0.3) is 0 Å². The number of thiophene rings is 1. The first-order valence-electron chi connectivity index (χ1n) is 4.40. The van der Waals surface area contributed by atoms with Gasteiger partial charge in [0.2, 0.25) is 0 Å². The van der Waals surface area contributed by atoms with Crippen LogP contribution in [0.15, 0.2) is 17.5 Å². The van der Waals surface area contributed by atoms with E-state index in [2.05, 4.69) is 4.74 Å². The van der Waals surface area contributed by atoms with Gasteiger partial charge in [-0.05, 0) is 6.07 Å². The van der Waals surface area contributed by atoms with Crippen molar-refractivity contribution in [3.05, 3.63) is 28.0 Å². The molecule has 80 valence electrons. The fraction of sp³-hybridized carbons (Fsp3) is 0.200. The Morgan fingerprint density at radius 3 is 2.93 bits per heavy atom. The quantitative estimate of drug-likeness (QED) is 0.585. The van der Waals surface area contributed by atoms with Crippen LogP contribution in [-0.4, -0.2) is 26.3 Å². The predicted molar refractivity (Wildman–Crippen MR) is 60.3 cm³/mol. The van der Waals surface area contributed by atoms with Crippen molar-refractivity contribution in [1.82, 2.24) is 0 Å². The second-order valence-electron chi connectivity index (χ2n) is 2.77. The monoisotopic (exact) mass is 225 g/mol. The van der Waals surface area contributed by atoms with Crippen molar-refractivity contribution in [3.63, 3.8) is 0 Å². The van der Waals surface area contributed by atoms with Gasteiger partial charge in [0.1, 0.15) is 10.6 Å². The van der Waals surface area contributed by atoms with E-state index in [1.54, 1.807) is 12.1 Å². The van der Waals surface area contributed by atoms with E-state index in [1.807, 2.05) is 17.7 Å². The summed E-state index contributed by atoms with van der Waals surface area (Å²) in [7, 11) is 3.26. The van der Waals surface area contributed by atoms with Gasteiger partial charge in [-0.15, -0.1) is 11.3 Å². The van der Waals surface area contributed by atoms with Crippen LogP contribution in [0.1, 0.15) is 15.2 Å². The second-order valence-corrected chi connectivity index (χ2v) is 3.68. The van der Waals surface area contributed by atoms with Gasteiger partial charge < -0.3 is 15.5 Å². The number of nitrogens with two attached hydrogens (primary N) is 1. The molecule has 1 heterocycles. The smallest absolute Gasteiger partial charge is 0.348 e. The van der Waals surface area contributed by atoms with Crippen LogP contribution in [0.3, 0.4) is 0 Å². The summed E-state index contributed by atoms with van der Waals surface area (Å²) in [5, 5.41) is 10.8. The number of hydrogen-bond acceptors (Lipinski definition) is 4. The number of ether oxygens (including phenoxy) is 1. The van der Waals surface area contributed by atoms with Gasteiger partial charge in [0, 0.05) is 23.2 Å². The molecule has 0 saturated carbocycles. The van der Waals surface area contributed by atoms with Gasteiger partial charge in [-0.25, -0.2) is 4.79 Å². The van der Waals surface area contributed by atoms with E-state index in [4.69, 9.17) is 5.41 Å². The fourth-order valence-corrected chi connectivity index (χ4v) is 1.98. The van der Waals surface area contributed by atoms with Gasteiger partial charge in [-0.2, -0.15) is 0 Å². The maximum absolute atomic E-state index is 11.2. The average Bonchev–Trinajstić information content (AvgIpc) is 2.73. The summed E-state index contributed by atoms with van der Waals surface area (Å²) in [5.74, 6) is -0.323. The molecule has 0 saturated heterocycles. The molecule has 1 aromatic rings. The first-order valence-corrected chi connectivity index (χ1v) is 5.28. The molecule has 3 N–H and O–H groups in total. The fourth-order valence-electron chi connectivity index (χ4n) is 1.14. The molecule has 0 atom stereocenters. The van der Waals surface area contributed by atoms with E-state index >= 15 is 0 Å². The first-order chi connectivity index (χ1) is 7.22. The largest absolute Gasteiger partial charge is 0.465 e. The Hall–Kier alpha value is -1.46. The van der Waals surface area contributed by atoms with Crippen LogP contribution < -0.4 is 5.32 Å². The Morgan fingerprint density at radius 2 is 2.40 bits per heavy atom. The topological polar surface area (TPSA) is 66.8 Å². The molecule has 0 aromatic carbocycles. The predicted octanol–water partition coefficient (Wildman–Crippen LogP) is 0.718. The standard InChI is InChI=1S/C10H12N2O2S/c1-12-8(3-4-11)7-5-9(15-6-7)10(13)14-2/h3-6,11-12H,1-2H3/p+1. The molecule has 5 heteroatoms. The van der Waals surface area contributed by atoms with Gasteiger partial charge in [0.15, 0.2) is 0 Å². The zero-order chi connectivity index (χ0) is 11.3. The number of carbonyl (C=O) groups is 1. The Balaban J connectivity index is 2.97. The highest BCUT2D eigenvalue weighted by Crippen LogP contribution is 2.18. The third-order valence-electron chi connectivity index (χ3n) is 1.89. The van der Waals surface area contributed by atoms with E-state index in [9.17, 15) is 4.79 Å². The van der Waals surface area contributed by atoms with Crippen LogP contribution in [0.2, 0.25) is 0 Å². The van der Waals surface area contributed by atoms with Crippen LogP contribution >= 0.6 is 11.3 Å². The minimum Gasteiger partial charge on any atom is -0.465 e. The molecule has 0 amide bonds. The Labute approximate surface area is 92.1 Å². The van der Waals surface area contributed by atoms with Gasteiger partial charge in [-0.3, -0.25) is 0 Å². The highest BCUT2D eigenvalue weighted by Gasteiger charge is 2.12. The molecule has 0 unspecified atom stereocenters. The van der Waals surface area contributed by atoms with Crippen molar-refractivity contribution >= 4 is 29.2 Å². The number of hydrogen-bond donors (Lipinski definition) is 2. The number of quaternary nitrogens is 1. The van der Waals surface area contributed by atoms with Crippen molar-refractivity contribution < 1.29 is 14.8 Å². The molecule has 0 spiro atoms. The maximum atomic E-state index is 11.2. The van der Waals surface area contributed by atoms with Gasteiger partial charge in [0.05, 0.1) is 14.2 Å². The molecule has 0 aliphatic heterocycles. The molecule has 15 heavy (non-hydrogen) atoms. The molecule has 0 aliphatic carbocycles. The lowest BCUT2D eigenvalue weighted by atomic mass is 10.2. The highest BCUT2D eigenvalue weighted by atomic mass is 32.1. The minimum atomic E-state index is -0.323. The molecule has 0 aliphatic rings. The van der Waals surface area contributed by atoms with Crippen molar-refractivity contribution in [3.8, 4) is 0 Å². The van der Waals surface area contributed by atoms with Crippen molar-refractivity contribution in [2.45, 2.75) is 0 Å². The molecule has 1 aromatic heterocycles. The second kappa shape index (κ2) is 5.43. The summed E-state index contributed by atoms with van der Waals surface area (Å²) >= 11 is 1.34. The lowest BCUT2D eigenvalue weighted by molar-refractivity contribution is -0.530. The van der Waals surface area contributed by atoms with E-state index in [1.165, 1.54) is 24.7 Å². The Bertz CT molecular complexity index is 396. The number of allylic oxidation sites excluding steroid dienone is 1. The van der Waals surface area contributed by atoms with E-state index in [-0.39, 0.29) is 5.97 Å². The number of carbonyl (C=O) groups excluding carboxylic acids is 1. The lowest BCUT2D eigenvalue weighted by Crippen LogP contribution is -2.76. The number of rotatable bonds is 4. The van der Waals surface area contributed by atoms with Crippen LogP contribution in [0.5, 0.6) is 0 Å². The molecule has 0 fully saturated rings. The molecular weight excluding hydrogens is 212 g/mol. The SMILES string of the molecule is C[NH2+]C(=CC=N)c1csc(C(=O)OC)c1. The lowest BCUT2D eigenvalue weighted by Gasteiger charge is -1.96. The first kappa shape index (κ1) is 11.6. The number of esters is 1. The zero-order valence-corrected chi connectivity index (χ0v) is 9.43. The number of methoxy groups -OCH3 is 1. The summed E-state index contributed by atoms with van der Waals surface area (Å²) in [6.45, 7) is 0. The van der Waals surface area contributed by atoms with E-state index in [0.29, 0.717) is 4.88 Å². The summed E-state index contributed by atoms with van der Waals surface area (Å²) in [5.41, 5.74) is 1.86. The van der Waals surface area contributed by atoms with Crippen molar-refractivity contribution in [2.24, 2.45) is 0 Å². The van der Waals surface area contributed by atoms with Crippen LogP contribution in [-0.2, 0) is 4.74 Å². The van der Waals surface area contributed by atoms with E-state index < -0.39 is 0 Å². The minimum absolute atomic E-state index is 0.323.